The Bertz CT molecular complexity index is 3010. The van der Waals surface area contributed by atoms with Crippen molar-refractivity contribution < 1.29 is 0 Å². The fourth-order valence-electron chi connectivity index (χ4n) is 7.72. The number of hydrogen-bond donors (Lipinski definition) is 0. The highest BCUT2D eigenvalue weighted by molar-refractivity contribution is 6.26. The number of hydrogen-bond acceptors (Lipinski definition) is 4. The highest BCUT2D eigenvalue weighted by Gasteiger charge is 2.14. The van der Waals surface area contributed by atoms with Crippen LogP contribution in [0.15, 0.2) is 195 Å². The van der Waals surface area contributed by atoms with E-state index in [0.717, 1.165) is 55.4 Å². The van der Waals surface area contributed by atoms with E-state index >= 15 is 0 Å². The second-order valence-electron chi connectivity index (χ2n) is 13.5. The lowest BCUT2D eigenvalue weighted by Crippen LogP contribution is -1.96. The molecule has 0 amide bonds. The van der Waals surface area contributed by atoms with Crippen LogP contribution in [-0.2, 0) is 0 Å². The van der Waals surface area contributed by atoms with Crippen LogP contribution in [0.2, 0.25) is 0 Å². The van der Waals surface area contributed by atoms with Gasteiger partial charge in [-0.15, -0.1) is 0 Å². The van der Waals surface area contributed by atoms with E-state index < -0.39 is 0 Å². The van der Waals surface area contributed by atoms with Crippen molar-refractivity contribution in [3.63, 3.8) is 0 Å². The predicted molar refractivity (Wildman–Crippen MR) is 225 cm³/mol. The fraction of sp³-hybridized carbons (Fsp3) is 0. The standard InChI is InChI=1S/C50H32N4/c1-2-13-40-38(11-1)39-12-3-4-14-41(39)43-16-7-8-18-45(43)47-30-36(23-24-46(47)44-17-6-5-15-42(40)44)50-53-48(31-49(54-50)37-10-9-27-52-32-37)35-21-19-33(20-22-35)34-25-28-51-29-26-34/h1-32H. The van der Waals surface area contributed by atoms with Crippen molar-refractivity contribution >= 4 is 53.9 Å². The average Bonchev–Trinajstić information content (AvgIpc) is 3.26. The zero-order chi connectivity index (χ0) is 35.8. The summed E-state index contributed by atoms with van der Waals surface area (Å²) in [7, 11) is 0. The maximum Gasteiger partial charge on any atom is 0.160 e. The molecule has 10 rings (SSSR count). The molecule has 3 heterocycles. The van der Waals surface area contributed by atoms with Crippen LogP contribution in [0.3, 0.4) is 0 Å². The van der Waals surface area contributed by atoms with E-state index in [1.807, 2.05) is 42.9 Å². The monoisotopic (exact) mass is 688 g/mol. The van der Waals surface area contributed by atoms with Crippen LogP contribution < -0.4 is 0 Å². The molecular formula is C50H32N4. The Labute approximate surface area is 312 Å². The number of pyridine rings is 2. The lowest BCUT2D eigenvalue weighted by molar-refractivity contribution is 1.18. The van der Waals surface area contributed by atoms with Crippen LogP contribution in [-0.4, -0.2) is 19.9 Å². The molecule has 54 heavy (non-hydrogen) atoms. The van der Waals surface area contributed by atoms with Gasteiger partial charge in [0, 0.05) is 41.5 Å². The van der Waals surface area contributed by atoms with E-state index in [1.165, 1.54) is 37.7 Å². The number of nitrogens with zero attached hydrogens (tertiary/aromatic N) is 4. The number of aromatic nitrogens is 4. The van der Waals surface area contributed by atoms with Gasteiger partial charge in [-0.05, 0) is 101 Å². The van der Waals surface area contributed by atoms with E-state index in [9.17, 15) is 0 Å². The molecule has 0 unspecified atom stereocenters. The zero-order valence-corrected chi connectivity index (χ0v) is 29.3. The Morgan fingerprint density at radius 1 is 0.259 bits per heavy atom. The molecule has 7 aromatic carbocycles. The molecule has 0 aliphatic rings. The minimum absolute atomic E-state index is 0.654. The maximum absolute atomic E-state index is 5.25. The van der Waals surface area contributed by atoms with Crippen LogP contribution >= 0.6 is 0 Å². The van der Waals surface area contributed by atoms with Crippen molar-refractivity contribution in [3.05, 3.63) is 195 Å². The number of benzene rings is 6. The Hall–Kier alpha value is -7.30. The first-order valence-corrected chi connectivity index (χ1v) is 18.1. The fourth-order valence-corrected chi connectivity index (χ4v) is 7.72. The van der Waals surface area contributed by atoms with Gasteiger partial charge in [0.05, 0.1) is 11.4 Å². The molecule has 0 spiro atoms. The minimum Gasteiger partial charge on any atom is -0.265 e. The summed E-state index contributed by atoms with van der Waals surface area (Å²) in [6.45, 7) is 0. The normalized spacial score (nSPS) is 11.3. The quantitative estimate of drug-likeness (QED) is 0.185. The van der Waals surface area contributed by atoms with Crippen LogP contribution in [0.4, 0.5) is 0 Å². The van der Waals surface area contributed by atoms with Gasteiger partial charge in [-0.25, -0.2) is 9.97 Å². The topological polar surface area (TPSA) is 51.6 Å². The molecule has 0 aliphatic heterocycles. The van der Waals surface area contributed by atoms with Crippen LogP contribution in [0.5, 0.6) is 0 Å². The van der Waals surface area contributed by atoms with Crippen molar-refractivity contribution in [2.45, 2.75) is 0 Å². The molecule has 0 N–H and O–H groups in total. The third-order valence-electron chi connectivity index (χ3n) is 10.3. The summed E-state index contributed by atoms with van der Waals surface area (Å²) in [4.78, 5) is 19.0. The van der Waals surface area contributed by atoms with E-state index in [1.54, 1.807) is 6.20 Å². The third kappa shape index (κ3) is 5.58. The molecule has 0 aliphatic carbocycles. The SMILES string of the molecule is c1cncc(-c2cc(-c3ccc(-c4ccncc4)cc3)nc(-c3ccc4c5ccccc5c5ccccc5c5ccccc5c5ccccc5c4c3)n2)c1. The van der Waals surface area contributed by atoms with E-state index in [0.29, 0.717) is 5.82 Å². The lowest BCUT2D eigenvalue weighted by Gasteiger charge is -2.12. The second-order valence-corrected chi connectivity index (χ2v) is 13.5. The molecule has 10 aromatic rings. The van der Waals surface area contributed by atoms with Gasteiger partial charge in [-0.2, -0.15) is 0 Å². The van der Waals surface area contributed by atoms with E-state index in [-0.39, 0.29) is 0 Å². The van der Waals surface area contributed by atoms with Gasteiger partial charge in [0.2, 0.25) is 0 Å². The molecule has 252 valence electrons. The molecular weight excluding hydrogens is 657 g/mol. The minimum atomic E-state index is 0.654. The van der Waals surface area contributed by atoms with Gasteiger partial charge in [0.15, 0.2) is 5.82 Å². The van der Waals surface area contributed by atoms with Gasteiger partial charge in [0.25, 0.3) is 0 Å². The number of fused-ring (bicyclic) bond motifs is 10. The first-order chi connectivity index (χ1) is 26.8. The number of rotatable bonds is 4. The molecule has 4 heteroatoms. The largest absolute Gasteiger partial charge is 0.265 e. The predicted octanol–water partition coefficient (Wildman–Crippen LogP) is 12.8. The van der Waals surface area contributed by atoms with Crippen molar-refractivity contribution in [2.24, 2.45) is 0 Å². The van der Waals surface area contributed by atoms with Gasteiger partial charge in [-0.1, -0.05) is 133 Å². The lowest BCUT2D eigenvalue weighted by atomic mass is 9.93. The maximum atomic E-state index is 5.25. The molecule has 0 fully saturated rings. The van der Waals surface area contributed by atoms with Crippen LogP contribution in [0.1, 0.15) is 0 Å². The van der Waals surface area contributed by atoms with E-state index in [2.05, 4.69) is 156 Å². The average molecular weight is 689 g/mol. The van der Waals surface area contributed by atoms with Crippen molar-refractivity contribution in [1.29, 1.82) is 0 Å². The molecule has 0 bridgehead atoms. The molecule has 0 saturated heterocycles. The summed E-state index contributed by atoms with van der Waals surface area (Å²) in [6, 6.07) is 60.4. The summed E-state index contributed by atoms with van der Waals surface area (Å²) in [5.41, 5.74) is 6.79. The van der Waals surface area contributed by atoms with Gasteiger partial charge < -0.3 is 0 Å². The molecule has 0 atom stereocenters. The van der Waals surface area contributed by atoms with Crippen molar-refractivity contribution in [1.82, 2.24) is 19.9 Å². The van der Waals surface area contributed by atoms with Crippen molar-refractivity contribution in [2.75, 3.05) is 0 Å². The summed E-state index contributed by atoms with van der Waals surface area (Å²) < 4.78 is 0. The van der Waals surface area contributed by atoms with Gasteiger partial charge in [-0.3, -0.25) is 9.97 Å². The molecule has 3 aromatic heterocycles. The Balaban J connectivity index is 1.28. The highest BCUT2D eigenvalue weighted by atomic mass is 14.9. The zero-order valence-electron chi connectivity index (χ0n) is 29.3. The summed E-state index contributed by atoms with van der Waals surface area (Å²) >= 11 is 0. The third-order valence-corrected chi connectivity index (χ3v) is 10.3. The summed E-state index contributed by atoms with van der Waals surface area (Å²) in [5.74, 6) is 0.654. The van der Waals surface area contributed by atoms with Crippen LogP contribution in [0, 0.1) is 0 Å². The second kappa shape index (κ2) is 13.4. The Morgan fingerprint density at radius 3 is 1.19 bits per heavy atom. The van der Waals surface area contributed by atoms with Crippen LogP contribution in [0.25, 0.3) is 98.9 Å². The smallest absolute Gasteiger partial charge is 0.160 e. The Morgan fingerprint density at radius 2 is 0.685 bits per heavy atom. The molecule has 0 saturated carbocycles. The first-order valence-electron chi connectivity index (χ1n) is 18.1. The Kier molecular flexibility index (Phi) is 7.77. The summed E-state index contributed by atoms with van der Waals surface area (Å²) in [5, 5.41) is 11.8. The van der Waals surface area contributed by atoms with Gasteiger partial charge >= 0.3 is 0 Å². The summed E-state index contributed by atoms with van der Waals surface area (Å²) in [6.07, 6.45) is 7.29. The molecule has 4 nitrogen and oxygen atoms in total. The van der Waals surface area contributed by atoms with Gasteiger partial charge in [0.1, 0.15) is 0 Å². The first kappa shape index (κ1) is 31.4. The highest BCUT2D eigenvalue weighted by Crippen LogP contribution is 2.37. The van der Waals surface area contributed by atoms with Crippen molar-refractivity contribution in [3.8, 4) is 45.0 Å². The van der Waals surface area contributed by atoms with E-state index in [4.69, 9.17) is 9.97 Å². The molecule has 0 radical (unpaired) electrons.